The molecule has 5 nitrogen and oxygen atoms in total. The van der Waals surface area contributed by atoms with Crippen LogP contribution in [0, 0.1) is 5.41 Å². The van der Waals surface area contributed by atoms with E-state index in [1.807, 2.05) is 31.2 Å². The number of nitrogens with one attached hydrogen (secondary N) is 1. The van der Waals surface area contributed by atoms with E-state index in [0.717, 1.165) is 11.3 Å². The third-order valence-electron chi connectivity index (χ3n) is 3.15. The number of hydrogen-bond acceptors (Lipinski definition) is 3. The number of carbonyl (C=O) groups is 2. The Morgan fingerprint density at radius 1 is 1.40 bits per heavy atom. The van der Waals surface area contributed by atoms with Crippen LogP contribution in [-0.2, 0) is 9.59 Å². The smallest absolute Gasteiger partial charge is 0.309 e. The Morgan fingerprint density at radius 3 is 2.60 bits per heavy atom. The van der Waals surface area contributed by atoms with Crippen molar-refractivity contribution in [3.8, 4) is 5.75 Å². The highest BCUT2D eigenvalue weighted by Gasteiger charge is 2.30. The lowest BCUT2D eigenvalue weighted by Gasteiger charge is -2.21. The fraction of sp³-hybridized carbons (Fsp3) is 0.467. The SMILES string of the molecule is COc1cccc([C@@H](C)NC(=O)CC(C)(C)C(=O)O)c1. The van der Waals surface area contributed by atoms with Gasteiger partial charge in [-0.3, -0.25) is 9.59 Å². The van der Waals surface area contributed by atoms with Crippen LogP contribution in [0.25, 0.3) is 0 Å². The molecule has 0 bridgehead atoms. The molecule has 0 fully saturated rings. The first-order chi connectivity index (χ1) is 9.26. The van der Waals surface area contributed by atoms with Crippen molar-refractivity contribution < 1.29 is 19.4 Å². The van der Waals surface area contributed by atoms with Gasteiger partial charge in [0.15, 0.2) is 0 Å². The predicted octanol–water partition coefficient (Wildman–Crippen LogP) is 2.37. The number of methoxy groups -OCH3 is 1. The van der Waals surface area contributed by atoms with Gasteiger partial charge in [-0.25, -0.2) is 0 Å². The highest BCUT2D eigenvalue weighted by Crippen LogP contribution is 2.22. The van der Waals surface area contributed by atoms with Crippen LogP contribution in [0.1, 0.15) is 38.8 Å². The predicted molar refractivity (Wildman–Crippen MR) is 75.6 cm³/mol. The maximum Gasteiger partial charge on any atom is 0.309 e. The average Bonchev–Trinajstić information content (AvgIpc) is 2.37. The summed E-state index contributed by atoms with van der Waals surface area (Å²) in [7, 11) is 1.58. The molecule has 1 aromatic rings. The van der Waals surface area contributed by atoms with Gasteiger partial charge in [0, 0.05) is 6.42 Å². The number of hydrogen-bond donors (Lipinski definition) is 2. The molecule has 0 aliphatic rings. The van der Waals surface area contributed by atoms with E-state index in [2.05, 4.69) is 5.32 Å². The first-order valence-electron chi connectivity index (χ1n) is 6.43. The van der Waals surface area contributed by atoms with Gasteiger partial charge in [-0.15, -0.1) is 0 Å². The average molecular weight is 279 g/mol. The van der Waals surface area contributed by atoms with Gasteiger partial charge >= 0.3 is 5.97 Å². The molecule has 2 N–H and O–H groups in total. The normalized spacial score (nSPS) is 12.6. The van der Waals surface area contributed by atoms with E-state index in [1.54, 1.807) is 7.11 Å². The van der Waals surface area contributed by atoms with Crippen molar-refractivity contribution >= 4 is 11.9 Å². The third kappa shape index (κ3) is 4.26. The van der Waals surface area contributed by atoms with E-state index in [-0.39, 0.29) is 18.4 Å². The molecule has 0 heterocycles. The van der Waals surface area contributed by atoms with Crippen molar-refractivity contribution in [2.45, 2.75) is 33.2 Å². The maximum absolute atomic E-state index is 11.9. The zero-order valence-corrected chi connectivity index (χ0v) is 12.3. The van der Waals surface area contributed by atoms with Crippen molar-refractivity contribution in [2.75, 3.05) is 7.11 Å². The number of amides is 1. The standard InChI is InChI=1S/C15H21NO4/c1-10(11-6-5-7-12(8-11)20-4)16-13(17)9-15(2,3)14(18)19/h5-8,10H,9H2,1-4H3,(H,16,17)(H,18,19)/t10-/m1/s1. The van der Waals surface area contributed by atoms with Crippen molar-refractivity contribution in [1.29, 1.82) is 0 Å². The number of carbonyl (C=O) groups excluding carboxylic acids is 1. The lowest BCUT2D eigenvalue weighted by Crippen LogP contribution is -2.34. The fourth-order valence-electron chi connectivity index (χ4n) is 1.76. The third-order valence-corrected chi connectivity index (χ3v) is 3.15. The summed E-state index contributed by atoms with van der Waals surface area (Å²) in [5.74, 6) is -0.552. The van der Waals surface area contributed by atoms with Gasteiger partial charge in [-0.2, -0.15) is 0 Å². The molecule has 0 unspecified atom stereocenters. The quantitative estimate of drug-likeness (QED) is 0.838. The van der Waals surface area contributed by atoms with Gasteiger partial charge < -0.3 is 15.2 Å². The molecule has 0 aromatic heterocycles. The Bertz CT molecular complexity index is 496. The van der Waals surface area contributed by atoms with Gasteiger partial charge in [-0.05, 0) is 38.5 Å². The Kier molecular flexibility index (Phi) is 5.13. The van der Waals surface area contributed by atoms with Gasteiger partial charge in [0.25, 0.3) is 0 Å². The van der Waals surface area contributed by atoms with E-state index < -0.39 is 11.4 Å². The summed E-state index contributed by atoms with van der Waals surface area (Å²) in [4.78, 5) is 22.9. The summed E-state index contributed by atoms with van der Waals surface area (Å²) in [6.45, 7) is 4.91. The highest BCUT2D eigenvalue weighted by molar-refractivity contribution is 5.84. The first kappa shape index (κ1) is 16.0. The van der Waals surface area contributed by atoms with Crippen molar-refractivity contribution in [2.24, 2.45) is 5.41 Å². The molecule has 0 radical (unpaired) electrons. The number of carboxylic acid groups (broad SMARTS) is 1. The van der Waals surface area contributed by atoms with Crippen LogP contribution < -0.4 is 10.1 Å². The molecule has 1 rings (SSSR count). The molecule has 0 saturated heterocycles. The van der Waals surface area contributed by atoms with Crippen molar-refractivity contribution in [1.82, 2.24) is 5.32 Å². The Balaban J connectivity index is 2.68. The molecule has 20 heavy (non-hydrogen) atoms. The number of rotatable bonds is 6. The summed E-state index contributed by atoms with van der Waals surface area (Å²) in [5, 5.41) is 11.8. The summed E-state index contributed by atoms with van der Waals surface area (Å²) in [6, 6.07) is 7.19. The van der Waals surface area contributed by atoms with Crippen molar-refractivity contribution in [3.05, 3.63) is 29.8 Å². The lowest BCUT2D eigenvalue weighted by molar-refractivity contribution is -0.149. The maximum atomic E-state index is 11.9. The van der Waals surface area contributed by atoms with Crippen LogP contribution in [0.2, 0.25) is 0 Å². The summed E-state index contributed by atoms with van der Waals surface area (Å²) >= 11 is 0. The minimum atomic E-state index is -1.07. The molecule has 1 aromatic carbocycles. The van der Waals surface area contributed by atoms with Crippen molar-refractivity contribution in [3.63, 3.8) is 0 Å². The molecule has 0 aliphatic carbocycles. The molecule has 0 saturated carbocycles. The molecule has 1 atom stereocenters. The molecule has 1 amide bonds. The highest BCUT2D eigenvalue weighted by atomic mass is 16.5. The Hall–Kier alpha value is -2.04. The fourth-order valence-corrected chi connectivity index (χ4v) is 1.76. The van der Waals surface area contributed by atoms with Crippen LogP contribution in [0.15, 0.2) is 24.3 Å². The number of benzene rings is 1. The second-order valence-corrected chi connectivity index (χ2v) is 5.43. The zero-order chi connectivity index (χ0) is 15.3. The molecular formula is C15H21NO4. The van der Waals surface area contributed by atoms with E-state index >= 15 is 0 Å². The van der Waals surface area contributed by atoms with Gasteiger partial charge in [0.05, 0.1) is 18.6 Å². The number of carboxylic acids is 1. The number of ether oxygens (including phenoxy) is 1. The van der Waals surface area contributed by atoms with Gasteiger partial charge in [0.1, 0.15) is 5.75 Å². The molecule has 5 heteroatoms. The van der Waals surface area contributed by atoms with E-state index in [1.165, 1.54) is 13.8 Å². The van der Waals surface area contributed by atoms with Crippen LogP contribution in [0.5, 0.6) is 5.75 Å². The van der Waals surface area contributed by atoms with E-state index in [4.69, 9.17) is 9.84 Å². The number of aliphatic carboxylic acids is 1. The second kappa shape index (κ2) is 6.41. The monoisotopic (exact) mass is 279 g/mol. The van der Waals surface area contributed by atoms with Crippen LogP contribution >= 0.6 is 0 Å². The topological polar surface area (TPSA) is 75.6 Å². The van der Waals surface area contributed by atoms with Crippen LogP contribution in [0.4, 0.5) is 0 Å². The van der Waals surface area contributed by atoms with Gasteiger partial charge in [0.2, 0.25) is 5.91 Å². The summed E-state index contributed by atoms with van der Waals surface area (Å²) < 4.78 is 5.13. The lowest BCUT2D eigenvalue weighted by atomic mass is 9.89. The molecule has 110 valence electrons. The van der Waals surface area contributed by atoms with E-state index in [9.17, 15) is 9.59 Å². The van der Waals surface area contributed by atoms with E-state index in [0.29, 0.717) is 0 Å². The van der Waals surface area contributed by atoms with Gasteiger partial charge in [-0.1, -0.05) is 12.1 Å². The largest absolute Gasteiger partial charge is 0.497 e. The second-order valence-electron chi connectivity index (χ2n) is 5.43. The minimum Gasteiger partial charge on any atom is -0.497 e. The summed E-state index contributed by atoms with van der Waals surface area (Å²) in [6.07, 6.45) is -0.0589. The minimum absolute atomic E-state index is 0.0589. The first-order valence-corrected chi connectivity index (χ1v) is 6.43. The summed E-state index contributed by atoms with van der Waals surface area (Å²) in [5.41, 5.74) is -0.163. The molecular weight excluding hydrogens is 258 g/mol. The zero-order valence-electron chi connectivity index (χ0n) is 12.3. The van der Waals surface area contributed by atoms with Crippen LogP contribution in [0.3, 0.4) is 0 Å². The Labute approximate surface area is 118 Å². The van der Waals surface area contributed by atoms with Crippen LogP contribution in [-0.4, -0.2) is 24.1 Å². The molecule has 0 aliphatic heterocycles. The molecule has 0 spiro atoms. The Morgan fingerprint density at radius 2 is 2.05 bits per heavy atom.